The first-order chi connectivity index (χ1) is 12.1. The number of carbonyl (C=O) groups is 3. The molecule has 3 amide bonds. The smallest absolute Gasteiger partial charge is 0.272 e. The molecule has 134 valence electrons. The van der Waals surface area contributed by atoms with Gasteiger partial charge < -0.3 is 19.6 Å². The lowest BCUT2D eigenvalue weighted by atomic mass is 10.2. The van der Waals surface area contributed by atoms with Crippen molar-refractivity contribution in [1.29, 1.82) is 0 Å². The van der Waals surface area contributed by atoms with Gasteiger partial charge in [-0.15, -0.1) is 0 Å². The first-order valence-corrected chi connectivity index (χ1v) is 8.39. The summed E-state index contributed by atoms with van der Waals surface area (Å²) < 4.78 is 0. The first-order valence-electron chi connectivity index (χ1n) is 8.39. The van der Waals surface area contributed by atoms with Crippen LogP contribution in [0.4, 0.5) is 5.82 Å². The van der Waals surface area contributed by atoms with E-state index in [1.165, 1.54) is 6.33 Å². The minimum absolute atomic E-state index is 0.0765. The lowest BCUT2D eigenvalue weighted by Gasteiger charge is -2.35. The SMILES string of the molecule is CC(=O)N1CCN(c2cc(C(=O)N3CCN(C=O)CC3)ncn2)CC1. The molecule has 0 radical (unpaired) electrons. The fourth-order valence-corrected chi connectivity index (χ4v) is 3.08. The van der Waals surface area contributed by atoms with E-state index in [2.05, 4.69) is 14.9 Å². The molecule has 0 N–H and O–H groups in total. The number of aromatic nitrogens is 2. The highest BCUT2D eigenvalue weighted by Crippen LogP contribution is 2.15. The maximum atomic E-state index is 12.6. The summed E-state index contributed by atoms with van der Waals surface area (Å²) in [5.74, 6) is 0.636. The average Bonchev–Trinajstić information content (AvgIpc) is 2.67. The van der Waals surface area contributed by atoms with E-state index in [1.807, 2.05) is 0 Å². The molecule has 2 aliphatic heterocycles. The standard InChI is InChI=1S/C16H22N6O3/c1-13(24)20-6-8-21(9-7-20)15-10-14(17-11-18-15)16(25)22-4-2-19(12-23)3-5-22/h10-12H,2-9H2,1H3. The summed E-state index contributed by atoms with van der Waals surface area (Å²) in [6, 6.07) is 1.71. The molecular weight excluding hydrogens is 324 g/mol. The molecule has 25 heavy (non-hydrogen) atoms. The van der Waals surface area contributed by atoms with Crippen molar-refractivity contribution in [2.75, 3.05) is 57.3 Å². The Morgan fingerprint density at radius 2 is 1.60 bits per heavy atom. The van der Waals surface area contributed by atoms with E-state index in [-0.39, 0.29) is 11.8 Å². The zero-order chi connectivity index (χ0) is 17.8. The molecule has 2 aliphatic rings. The normalized spacial score (nSPS) is 18.3. The van der Waals surface area contributed by atoms with Gasteiger partial charge in [0.25, 0.3) is 5.91 Å². The molecule has 2 saturated heterocycles. The molecule has 0 bridgehead atoms. The van der Waals surface area contributed by atoms with Gasteiger partial charge >= 0.3 is 0 Å². The van der Waals surface area contributed by atoms with Crippen molar-refractivity contribution in [3.05, 3.63) is 18.1 Å². The van der Waals surface area contributed by atoms with Crippen LogP contribution < -0.4 is 4.90 Å². The van der Waals surface area contributed by atoms with Gasteiger partial charge in [0.05, 0.1) is 0 Å². The molecule has 9 nitrogen and oxygen atoms in total. The summed E-state index contributed by atoms with van der Waals surface area (Å²) in [6.07, 6.45) is 2.22. The highest BCUT2D eigenvalue weighted by molar-refractivity contribution is 5.93. The molecule has 3 rings (SSSR count). The molecule has 0 aromatic carbocycles. The molecule has 1 aromatic heterocycles. The van der Waals surface area contributed by atoms with E-state index in [4.69, 9.17) is 0 Å². The molecule has 0 atom stereocenters. The molecular formula is C16H22N6O3. The molecule has 3 heterocycles. The van der Waals surface area contributed by atoms with Crippen molar-refractivity contribution < 1.29 is 14.4 Å². The van der Waals surface area contributed by atoms with Crippen molar-refractivity contribution in [2.24, 2.45) is 0 Å². The van der Waals surface area contributed by atoms with Gasteiger partial charge in [-0.3, -0.25) is 14.4 Å². The second-order valence-electron chi connectivity index (χ2n) is 6.19. The van der Waals surface area contributed by atoms with Crippen LogP contribution in [0.25, 0.3) is 0 Å². The topological polar surface area (TPSA) is 90.0 Å². The van der Waals surface area contributed by atoms with Gasteiger partial charge in [0.2, 0.25) is 12.3 Å². The van der Waals surface area contributed by atoms with E-state index in [9.17, 15) is 14.4 Å². The number of nitrogens with zero attached hydrogens (tertiary/aromatic N) is 6. The number of amides is 3. The average molecular weight is 346 g/mol. The van der Waals surface area contributed by atoms with Gasteiger partial charge in [-0.1, -0.05) is 0 Å². The van der Waals surface area contributed by atoms with Crippen molar-refractivity contribution >= 4 is 24.0 Å². The van der Waals surface area contributed by atoms with Crippen LogP contribution in [0.1, 0.15) is 17.4 Å². The Bertz CT molecular complexity index is 651. The van der Waals surface area contributed by atoms with E-state index in [0.29, 0.717) is 63.9 Å². The predicted molar refractivity (Wildman–Crippen MR) is 90.0 cm³/mol. The van der Waals surface area contributed by atoms with E-state index >= 15 is 0 Å². The van der Waals surface area contributed by atoms with Crippen molar-refractivity contribution in [3.8, 4) is 0 Å². The van der Waals surface area contributed by atoms with E-state index < -0.39 is 0 Å². The van der Waals surface area contributed by atoms with Crippen molar-refractivity contribution in [1.82, 2.24) is 24.7 Å². The van der Waals surface area contributed by atoms with E-state index in [0.717, 1.165) is 6.41 Å². The first kappa shape index (κ1) is 17.1. The zero-order valence-corrected chi connectivity index (χ0v) is 14.3. The predicted octanol–water partition coefficient (Wildman–Crippen LogP) is -0.941. The third-order valence-electron chi connectivity index (χ3n) is 4.67. The molecule has 0 saturated carbocycles. The Morgan fingerprint density at radius 1 is 0.960 bits per heavy atom. The van der Waals surface area contributed by atoms with Gasteiger partial charge in [-0.25, -0.2) is 9.97 Å². The van der Waals surface area contributed by atoms with Crippen LogP contribution in [0.15, 0.2) is 12.4 Å². The lowest BCUT2D eigenvalue weighted by molar-refractivity contribution is -0.129. The van der Waals surface area contributed by atoms with Gasteiger partial charge in [0, 0.05) is 65.3 Å². The number of anilines is 1. The second kappa shape index (κ2) is 7.45. The van der Waals surface area contributed by atoms with Crippen LogP contribution >= 0.6 is 0 Å². The van der Waals surface area contributed by atoms with Crippen LogP contribution in [-0.2, 0) is 9.59 Å². The Balaban J connectivity index is 1.64. The van der Waals surface area contributed by atoms with Gasteiger partial charge in [0.1, 0.15) is 17.8 Å². The van der Waals surface area contributed by atoms with Gasteiger partial charge in [-0.2, -0.15) is 0 Å². The zero-order valence-electron chi connectivity index (χ0n) is 14.3. The Morgan fingerprint density at radius 3 is 2.20 bits per heavy atom. The van der Waals surface area contributed by atoms with Crippen LogP contribution in [0.2, 0.25) is 0 Å². The van der Waals surface area contributed by atoms with Gasteiger partial charge in [0.15, 0.2) is 0 Å². The molecule has 0 aliphatic carbocycles. The number of hydrogen-bond donors (Lipinski definition) is 0. The Labute approximate surface area is 146 Å². The van der Waals surface area contributed by atoms with Crippen LogP contribution in [0.5, 0.6) is 0 Å². The summed E-state index contributed by atoms with van der Waals surface area (Å²) in [5.41, 5.74) is 0.360. The molecule has 0 unspecified atom stereocenters. The summed E-state index contributed by atoms with van der Waals surface area (Å²) >= 11 is 0. The van der Waals surface area contributed by atoms with Crippen LogP contribution in [0, 0.1) is 0 Å². The number of rotatable bonds is 3. The second-order valence-corrected chi connectivity index (χ2v) is 6.19. The fraction of sp³-hybridized carbons (Fsp3) is 0.562. The maximum absolute atomic E-state index is 12.6. The monoisotopic (exact) mass is 346 g/mol. The minimum Gasteiger partial charge on any atom is -0.353 e. The number of carbonyl (C=O) groups excluding carboxylic acids is 3. The van der Waals surface area contributed by atoms with Crippen LogP contribution in [-0.4, -0.2) is 95.3 Å². The minimum atomic E-state index is -0.142. The van der Waals surface area contributed by atoms with E-state index in [1.54, 1.807) is 27.7 Å². The molecule has 0 spiro atoms. The highest BCUT2D eigenvalue weighted by atomic mass is 16.2. The summed E-state index contributed by atoms with van der Waals surface area (Å²) in [5, 5.41) is 0. The maximum Gasteiger partial charge on any atom is 0.272 e. The summed E-state index contributed by atoms with van der Waals surface area (Å²) in [6.45, 7) is 6.33. The molecule has 1 aromatic rings. The molecule has 2 fully saturated rings. The lowest BCUT2D eigenvalue weighted by Crippen LogP contribution is -2.49. The number of hydrogen-bond acceptors (Lipinski definition) is 6. The fourth-order valence-electron chi connectivity index (χ4n) is 3.08. The Hall–Kier alpha value is -2.71. The highest BCUT2D eigenvalue weighted by Gasteiger charge is 2.24. The number of piperazine rings is 2. The van der Waals surface area contributed by atoms with Crippen molar-refractivity contribution in [3.63, 3.8) is 0 Å². The van der Waals surface area contributed by atoms with Crippen molar-refractivity contribution in [2.45, 2.75) is 6.92 Å². The summed E-state index contributed by atoms with van der Waals surface area (Å²) in [4.78, 5) is 50.4. The molecule has 9 heteroatoms. The van der Waals surface area contributed by atoms with Gasteiger partial charge in [-0.05, 0) is 0 Å². The Kier molecular flexibility index (Phi) is 5.11. The van der Waals surface area contributed by atoms with Crippen LogP contribution in [0.3, 0.4) is 0 Å². The summed E-state index contributed by atoms with van der Waals surface area (Å²) in [7, 11) is 0. The quantitative estimate of drug-likeness (QED) is 0.656. The largest absolute Gasteiger partial charge is 0.353 e. The third kappa shape index (κ3) is 3.86. The third-order valence-corrected chi connectivity index (χ3v) is 4.67.